The van der Waals surface area contributed by atoms with E-state index in [1.807, 2.05) is 12.1 Å². The highest BCUT2D eigenvalue weighted by atomic mass is 16.5. The second kappa shape index (κ2) is 6.62. The molecule has 1 aliphatic carbocycles. The van der Waals surface area contributed by atoms with Gasteiger partial charge in [-0.3, -0.25) is 0 Å². The van der Waals surface area contributed by atoms with Gasteiger partial charge in [0, 0.05) is 0 Å². The minimum absolute atomic E-state index is 0.174. The summed E-state index contributed by atoms with van der Waals surface area (Å²) in [7, 11) is 1.68. The number of aryl methyl sites for hydroxylation is 1. The third-order valence-electron chi connectivity index (χ3n) is 4.94. The molecule has 1 fully saturated rings. The maximum atomic E-state index is 10.5. The van der Waals surface area contributed by atoms with Crippen LogP contribution in [0.15, 0.2) is 24.3 Å². The van der Waals surface area contributed by atoms with Gasteiger partial charge < -0.3 is 9.84 Å². The Kier molecular flexibility index (Phi) is 5.09. The average Bonchev–Trinajstić information content (AvgIpc) is 2.45. The molecule has 2 rings (SSSR count). The highest BCUT2D eigenvalue weighted by Gasteiger charge is 2.36. The molecule has 2 heteroatoms. The normalized spacial score (nSPS) is 23.3. The smallest absolute Gasteiger partial charge is 0.118 e. The van der Waals surface area contributed by atoms with Crippen molar-refractivity contribution in [1.82, 2.24) is 0 Å². The molecule has 0 amide bonds. The van der Waals surface area contributed by atoms with Gasteiger partial charge in [0.2, 0.25) is 0 Å². The molecular formula is C18H28O2. The fourth-order valence-electron chi connectivity index (χ4n) is 3.54. The molecule has 112 valence electrons. The summed E-state index contributed by atoms with van der Waals surface area (Å²) in [5.74, 6) is 1.34. The van der Waals surface area contributed by atoms with Crippen LogP contribution in [0, 0.1) is 11.3 Å². The van der Waals surface area contributed by atoms with E-state index in [2.05, 4.69) is 26.0 Å². The predicted octanol–water partition coefficient (Wildman–Crippen LogP) is 4.21. The number of methoxy groups -OCH3 is 1. The Morgan fingerprint density at radius 2 is 1.95 bits per heavy atom. The van der Waals surface area contributed by atoms with Gasteiger partial charge in [-0.1, -0.05) is 38.8 Å². The number of hydrogen-bond donors (Lipinski definition) is 1. The van der Waals surface area contributed by atoms with Gasteiger partial charge in [-0.2, -0.15) is 0 Å². The minimum Gasteiger partial charge on any atom is -0.497 e. The molecule has 2 unspecified atom stereocenters. The number of benzene rings is 1. The molecule has 20 heavy (non-hydrogen) atoms. The van der Waals surface area contributed by atoms with Crippen LogP contribution in [0.2, 0.25) is 0 Å². The summed E-state index contributed by atoms with van der Waals surface area (Å²) in [6.45, 7) is 4.63. The molecule has 0 aromatic heterocycles. The van der Waals surface area contributed by atoms with E-state index in [-0.39, 0.29) is 11.5 Å². The molecular weight excluding hydrogens is 248 g/mol. The summed E-state index contributed by atoms with van der Waals surface area (Å²) < 4.78 is 5.17. The number of rotatable bonds is 5. The topological polar surface area (TPSA) is 29.5 Å². The van der Waals surface area contributed by atoms with E-state index >= 15 is 0 Å². The lowest BCUT2D eigenvalue weighted by atomic mass is 9.66. The summed E-state index contributed by atoms with van der Waals surface area (Å²) >= 11 is 0. The first-order valence-electron chi connectivity index (χ1n) is 7.84. The monoisotopic (exact) mass is 276 g/mol. The van der Waals surface area contributed by atoms with Crippen LogP contribution in [0.25, 0.3) is 0 Å². The van der Waals surface area contributed by atoms with Gasteiger partial charge in [0.1, 0.15) is 5.75 Å². The summed E-state index contributed by atoms with van der Waals surface area (Å²) in [5.41, 5.74) is 1.57. The van der Waals surface area contributed by atoms with Crippen molar-refractivity contribution in [1.29, 1.82) is 0 Å². The van der Waals surface area contributed by atoms with Gasteiger partial charge in [0.15, 0.2) is 0 Å². The third-order valence-corrected chi connectivity index (χ3v) is 4.94. The van der Waals surface area contributed by atoms with Crippen molar-refractivity contribution in [2.45, 2.75) is 58.5 Å². The number of hydrogen-bond acceptors (Lipinski definition) is 2. The lowest BCUT2D eigenvalue weighted by Crippen LogP contribution is -2.37. The average molecular weight is 276 g/mol. The summed E-state index contributed by atoms with van der Waals surface area (Å²) in [4.78, 5) is 0. The van der Waals surface area contributed by atoms with Crippen LogP contribution >= 0.6 is 0 Å². The van der Waals surface area contributed by atoms with Crippen molar-refractivity contribution in [2.24, 2.45) is 11.3 Å². The lowest BCUT2D eigenvalue weighted by molar-refractivity contribution is 0.00102. The highest BCUT2D eigenvalue weighted by Crippen LogP contribution is 2.43. The predicted molar refractivity (Wildman–Crippen MR) is 83.1 cm³/mol. The maximum Gasteiger partial charge on any atom is 0.118 e. The second-order valence-corrected chi connectivity index (χ2v) is 6.79. The Hall–Kier alpha value is -1.02. The Morgan fingerprint density at radius 3 is 2.55 bits per heavy atom. The molecule has 2 atom stereocenters. The first-order chi connectivity index (χ1) is 9.53. The van der Waals surface area contributed by atoms with Crippen LogP contribution in [-0.4, -0.2) is 18.3 Å². The van der Waals surface area contributed by atoms with E-state index in [9.17, 15) is 5.11 Å². The van der Waals surface area contributed by atoms with Gasteiger partial charge in [0.25, 0.3) is 0 Å². The van der Waals surface area contributed by atoms with E-state index < -0.39 is 0 Å². The van der Waals surface area contributed by atoms with Crippen LogP contribution in [0.1, 0.15) is 51.5 Å². The molecule has 0 aliphatic heterocycles. The van der Waals surface area contributed by atoms with Crippen molar-refractivity contribution in [2.75, 3.05) is 7.11 Å². The molecule has 1 aliphatic rings. The third kappa shape index (κ3) is 3.76. The summed E-state index contributed by atoms with van der Waals surface area (Å²) in [6.07, 6.45) is 6.64. The van der Waals surface area contributed by atoms with Gasteiger partial charge in [-0.15, -0.1) is 0 Å². The highest BCUT2D eigenvalue weighted by molar-refractivity contribution is 5.27. The van der Waals surface area contributed by atoms with Crippen LogP contribution < -0.4 is 4.74 Å². The Bertz CT molecular complexity index is 408. The summed E-state index contributed by atoms with van der Waals surface area (Å²) in [5, 5.41) is 10.5. The molecule has 0 bridgehead atoms. The number of aliphatic hydroxyl groups is 1. The van der Waals surface area contributed by atoms with Gasteiger partial charge in [-0.05, 0) is 54.7 Å². The molecule has 1 aromatic rings. The molecule has 2 nitrogen and oxygen atoms in total. The lowest BCUT2D eigenvalue weighted by Gasteiger charge is -2.41. The molecule has 0 saturated heterocycles. The Labute approximate surface area is 123 Å². The quantitative estimate of drug-likeness (QED) is 0.873. The van der Waals surface area contributed by atoms with E-state index in [1.54, 1.807) is 7.11 Å². The Balaban J connectivity index is 1.89. The molecule has 1 saturated carbocycles. The van der Waals surface area contributed by atoms with Crippen molar-refractivity contribution in [3.8, 4) is 5.75 Å². The van der Waals surface area contributed by atoms with E-state index in [4.69, 9.17) is 4.74 Å². The van der Waals surface area contributed by atoms with E-state index in [0.717, 1.165) is 18.6 Å². The van der Waals surface area contributed by atoms with Crippen molar-refractivity contribution >= 4 is 0 Å². The number of ether oxygens (including phenoxy) is 1. The SMILES string of the molecule is COc1ccc(CCC(O)C2CCCCC2(C)C)cc1. The van der Waals surface area contributed by atoms with Gasteiger partial charge in [0.05, 0.1) is 13.2 Å². The maximum absolute atomic E-state index is 10.5. The Morgan fingerprint density at radius 1 is 1.25 bits per heavy atom. The van der Waals surface area contributed by atoms with Crippen molar-refractivity contribution in [3.05, 3.63) is 29.8 Å². The largest absolute Gasteiger partial charge is 0.497 e. The molecule has 0 spiro atoms. The molecule has 0 heterocycles. The zero-order valence-corrected chi connectivity index (χ0v) is 13.1. The molecule has 0 radical (unpaired) electrons. The van der Waals surface area contributed by atoms with E-state index in [1.165, 1.54) is 31.2 Å². The summed E-state index contributed by atoms with van der Waals surface area (Å²) in [6, 6.07) is 8.17. The fourth-order valence-corrected chi connectivity index (χ4v) is 3.54. The van der Waals surface area contributed by atoms with Crippen LogP contribution in [0.5, 0.6) is 5.75 Å². The molecule has 1 aromatic carbocycles. The van der Waals surface area contributed by atoms with Crippen molar-refractivity contribution < 1.29 is 9.84 Å². The van der Waals surface area contributed by atoms with Gasteiger partial charge in [-0.25, -0.2) is 0 Å². The number of aliphatic hydroxyl groups excluding tert-OH is 1. The van der Waals surface area contributed by atoms with Crippen LogP contribution in [-0.2, 0) is 6.42 Å². The first-order valence-corrected chi connectivity index (χ1v) is 7.84. The molecule has 1 N–H and O–H groups in total. The first kappa shape index (κ1) is 15.4. The minimum atomic E-state index is -0.174. The van der Waals surface area contributed by atoms with Gasteiger partial charge >= 0.3 is 0 Å². The zero-order chi connectivity index (χ0) is 14.6. The van der Waals surface area contributed by atoms with Crippen LogP contribution in [0.3, 0.4) is 0 Å². The zero-order valence-electron chi connectivity index (χ0n) is 13.1. The van der Waals surface area contributed by atoms with E-state index in [0.29, 0.717) is 5.92 Å². The standard InChI is InChI=1S/C18H28O2/c1-18(2)13-5-4-6-16(18)17(19)12-9-14-7-10-15(20-3)11-8-14/h7-8,10-11,16-17,19H,4-6,9,12-13H2,1-3H3. The fraction of sp³-hybridized carbons (Fsp3) is 0.667. The van der Waals surface area contributed by atoms with Crippen molar-refractivity contribution in [3.63, 3.8) is 0 Å². The second-order valence-electron chi connectivity index (χ2n) is 6.79. The van der Waals surface area contributed by atoms with Crippen LogP contribution in [0.4, 0.5) is 0 Å².